The summed E-state index contributed by atoms with van der Waals surface area (Å²) >= 11 is 0. The quantitative estimate of drug-likeness (QED) is 0.462. The van der Waals surface area contributed by atoms with Crippen LogP contribution in [0.4, 0.5) is 0 Å². The highest BCUT2D eigenvalue weighted by atomic mass is 79.9. The Balaban J connectivity index is 0.00000363. The van der Waals surface area contributed by atoms with Crippen LogP contribution in [-0.4, -0.2) is 51.4 Å². The van der Waals surface area contributed by atoms with Gasteiger partial charge >= 0.3 is 11.9 Å². The number of rotatable bonds is 9. The van der Waals surface area contributed by atoms with Crippen molar-refractivity contribution in [3.63, 3.8) is 0 Å². The van der Waals surface area contributed by atoms with Crippen LogP contribution in [0.5, 0.6) is 5.75 Å². The van der Waals surface area contributed by atoms with Crippen molar-refractivity contribution in [1.82, 2.24) is 0 Å². The van der Waals surface area contributed by atoms with Crippen LogP contribution in [0, 0.1) is 0 Å². The molecule has 0 bridgehead atoms. The van der Waals surface area contributed by atoms with Gasteiger partial charge in [0.1, 0.15) is 24.3 Å². The van der Waals surface area contributed by atoms with Gasteiger partial charge in [0.25, 0.3) is 0 Å². The normalized spacial score (nSPS) is 20.0. The van der Waals surface area contributed by atoms with E-state index in [1.54, 1.807) is 31.2 Å². The van der Waals surface area contributed by atoms with Crippen LogP contribution >= 0.6 is 0 Å². The van der Waals surface area contributed by atoms with Gasteiger partial charge in [-0.2, -0.15) is 0 Å². The Bertz CT molecular complexity index is 848. The summed E-state index contributed by atoms with van der Waals surface area (Å²) in [6.45, 7) is 7.60. The van der Waals surface area contributed by atoms with Gasteiger partial charge in [-0.25, -0.2) is 4.79 Å². The first kappa shape index (κ1) is 25.9. The molecular weight excluding hydrogens is 474 g/mol. The lowest BCUT2D eigenvalue weighted by Crippen LogP contribution is -3.14. The summed E-state index contributed by atoms with van der Waals surface area (Å²) in [5.41, 5.74) is 1.02. The lowest BCUT2D eigenvalue weighted by Gasteiger charge is -2.38. The van der Waals surface area contributed by atoms with Crippen molar-refractivity contribution in [3.05, 3.63) is 65.7 Å². The monoisotopic (exact) mass is 505 g/mol. The van der Waals surface area contributed by atoms with Gasteiger partial charge in [-0.1, -0.05) is 30.3 Å². The number of carbonyl (C=O) groups excluding carboxylic acids is 2. The van der Waals surface area contributed by atoms with Gasteiger partial charge < -0.3 is 36.1 Å². The summed E-state index contributed by atoms with van der Waals surface area (Å²) in [4.78, 5) is 26.0. The van der Waals surface area contributed by atoms with Crippen molar-refractivity contribution in [2.75, 3.05) is 39.5 Å². The van der Waals surface area contributed by atoms with Crippen molar-refractivity contribution in [1.29, 1.82) is 0 Å². The predicted molar refractivity (Wildman–Crippen MR) is 117 cm³/mol. The molecule has 1 heterocycles. The van der Waals surface area contributed by atoms with Gasteiger partial charge in [-0.15, -0.1) is 0 Å². The summed E-state index contributed by atoms with van der Waals surface area (Å²) < 4.78 is 16.3. The highest BCUT2D eigenvalue weighted by Crippen LogP contribution is 2.34. The Morgan fingerprint density at radius 1 is 0.906 bits per heavy atom. The van der Waals surface area contributed by atoms with Gasteiger partial charge in [-0.05, 0) is 43.7 Å². The van der Waals surface area contributed by atoms with Crippen molar-refractivity contribution in [3.8, 4) is 5.75 Å². The summed E-state index contributed by atoms with van der Waals surface area (Å²) in [6.07, 6.45) is 1.53. The first-order valence-electron chi connectivity index (χ1n) is 11.1. The predicted octanol–water partition coefficient (Wildman–Crippen LogP) is -0.574. The first-order chi connectivity index (χ1) is 15.1. The largest absolute Gasteiger partial charge is 1.00 e. The Morgan fingerprint density at radius 3 is 2.12 bits per heavy atom. The highest BCUT2D eigenvalue weighted by Gasteiger charge is 2.45. The molecule has 0 spiro atoms. The fraction of sp³-hybridized carbons (Fsp3) is 0.440. The number of esters is 2. The number of halogens is 1. The number of hydrogen-bond donors (Lipinski definition) is 1. The Hall–Kier alpha value is -2.38. The van der Waals surface area contributed by atoms with Crippen molar-refractivity contribution in [2.24, 2.45) is 0 Å². The van der Waals surface area contributed by atoms with Crippen LogP contribution in [0.15, 0.2) is 54.6 Å². The molecule has 3 rings (SSSR count). The minimum absolute atomic E-state index is 0. The maximum absolute atomic E-state index is 12.9. The Kier molecular flexibility index (Phi) is 10.2. The fourth-order valence-corrected chi connectivity index (χ4v) is 4.13. The molecule has 1 saturated heterocycles. The van der Waals surface area contributed by atoms with Crippen molar-refractivity contribution < 1.29 is 45.7 Å². The topological polar surface area (TPSA) is 66.3 Å². The van der Waals surface area contributed by atoms with E-state index < -0.39 is 5.41 Å². The minimum Gasteiger partial charge on any atom is -1.00 e. The first-order valence-corrected chi connectivity index (χ1v) is 11.1. The van der Waals surface area contributed by atoms with Crippen LogP contribution in [0.2, 0.25) is 0 Å². The van der Waals surface area contributed by atoms with E-state index in [2.05, 4.69) is 0 Å². The smallest absolute Gasteiger partial charge is 0.338 e. The molecular formula is C25H32BrNO5. The summed E-state index contributed by atoms with van der Waals surface area (Å²) in [5.74, 6) is 0.295. The van der Waals surface area contributed by atoms with E-state index in [1.807, 2.05) is 37.3 Å². The number of nitrogens with one attached hydrogen (secondary N) is 1. The van der Waals surface area contributed by atoms with Gasteiger partial charge in [0, 0.05) is 12.8 Å². The average Bonchev–Trinajstić information content (AvgIpc) is 2.81. The molecule has 1 aliphatic rings. The van der Waals surface area contributed by atoms with E-state index in [4.69, 9.17) is 14.2 Å². The molecule has 0 aromatic heterocycles. The van der Waals surface area contributed by atoms with Crippen LogP contribution in [0.3, 0.4) is 0 Å². The number of likely N-dealkylation sites (tertiary alicyclic amines) is 1. The number of ether oxygens (including phenoxy) is 3. The maximum Gasteiger partial charge on any atom is 0.338 e. The third-order valence-electron chi connectivity index (χ3n) is 5.89. The summed E-state index contributed by atoms with van der Waals surface area (Å²) in [5, 5.41) is 0. The van der Waals surface area contributed by atoms with Gasteiger partial charge in [0.2, 0.25) is 0 Å². The maximum atomic E-state index is 12.9. The number of quaternary nitrogens is 1. The lowest BCUT2D eigenvalue weighted by molar-refractivity contribution is -0.906. The number of benzene rings is 2. The molecule has 1 fully saturated rings. The van der Waals surface area contributed by atoms with Gasteiger partial charge in [-0.3, -0.25) is 4.79 Å². The molecule has 2 aromatic carbocycles. The highest BCUT2D eigenvalue weighted by molar-refractivity contribution is 5.89. The zero-order valence-electron chi connectivity index (χ0n) is 18.8. The van der Waals surface area contributed by atoms with E-state index in [9.17, 15) is 9.59 Å². The molecule has 0 aliphatic carbocycles. The van der Waals surface area contributed by atoms with E-state index in [1.165, 1.54) is 4.90 Å². The second-order valence-electron chi connectivity index (χ2n) is 7.76. The van der Waals surface area contributed by atoms with Crippen LogP contribution < -0.4 is 26.6 Å². The molecule has 174 valence electrons. The molecule has 0 unspecified atom stereocenters. The van der Waals surface area contributed by atoms with E-state index >= 15 is 0 Å². The third-order valence-corrected chi connectivity index (χ3v) is 5.89. The van der Waals surface area contributed by atoms with Gasteiger partial charge in [0.05, 0.1) is 31.9 Å². The number of carbonyl (C=O) groups is 2. The molecule has 0 atom stereocenters. The second-order valence-corrected chi connectivity index (χ2v) is 7.76. The van der Waals surface area contributed by atoms with Crippen LogP contribution in [0.25, 0.3) is 0 Å². The van der Waals surface area contributed by atoms with E-state index in [0.29, 0.717) is 25.4 Å². The number of hydrogen-bond acceptors (Lipinski definition) is 5. The molecule has 0 radical (unpaired) electrons. The Morgan fingerprint density at radius 2 is 1.53 bits per heavy atom. The lowest BCUT2D eigenvalue weighted by atomic mass is 9.72. The van der Waals surface area contributed by atoms with E-state index in [0.717, 1.165) is 43.8 Å². The molecule has 32 heavy (non-hydrogen) atoms. The number of piperidine rings is 1. The van der Waals surface area contributed by atoms with Crippen molar-refractivity contribution >= 4 is 11.9 Å². The van der Waals surface area contributed by atoms with Crippen molar-refractivity contribution in [2.45, 2.75) is 32.1 Å². The minimum atomic E-state index is -0.551. The zero-order chi connectivity index (χ0) is 22.1. The molecule has 0 amide bonds. The summed E-state index contributed by atoms with van der Waals surface area (Å²) in [6, 6.07) is 17.0. The Labute approximate surface area is 200 Å². The third kappa shape index (κ3) is 6.33. The van der Waals surface area contributed by atoms with Crippen LogP contribution in [-0.2, 0) is 19.7 Å². The SMILES string of the molecule is CCOC(=O)c1ccc(OCC[NH+]2CCC(C(=O)OCC)(c3ccccc3)CC2)cc1.[Br-]. The average molecular weight is 506 g/mol. The second kappa shape index (κ2) is 12.6. The zero-order valence-corrected chi connectivity index (χ0v) is 20.4. The van der Waals surface area contributed by atoms with E-state index in [-0.39, 0.29) is 28.9 Å². The van der Waals surface area contributed by atoms with Gasteiger partial charge in [0.15, 0.2) is 0 Å². The molecule has 2 aromatic rings. The molecule has 7 heteroatoms. The van der Waals surface area contributed by atoms with Crippen LogP contribution in [0.1, 0.15) is 42.6 Å². The molecule has 6 nitrogen and oxygen atoms in total. The standard InChI is InChI=1S/C25H31NO5.BrH/c1-3-29-23(27)20-10-12-22(13-11-20)31-19-18-26-16-14-25(15-17-26,24(28)30-4-2)21-8-6-5-7-9-21;/h5-13H,3-4,14-19H2,1-2H3;1H. The summed E-state index contributed by atoms with van der Waals surface area (Å²) in [7, 11) is 0. The molecule has 0 saturated carbocycles. The molecule has 1 N–H and O–H groups in total. The molecule has 1 aliphatic heterocycles. The fourth-order valence-electron chi connectivity index (χ4n) is 4.13.